The summed E-state index contributed by atoms with van der Waals surface area (Å²) in [4.78, 5) is 4.57. The topological polar surface area (TPSA) is 24.9 Å². The maximum Gasteiger partial charge on any atom is 0.0758 e. The van der Waals surface area contributed by atoms with Crippen molar-refractivity contribution in [3.63, 3.8) is 0 Å². The van der Waals surface area contributed by atoms with Gasteiger partial charge in [0.25, 0.3) is 0 Å². The van der Waals surface area contributed by atoms with Crippen LogP contribution in [0.1, 0.15) is 49.6 Å². The normalized spacial score (nSPS) is 20.4. The number of nitrogens with zero attached hydrogens (tertiary/aromatic N) is 1. The first kappa shape index (κ1) is 13.3. The van der Waals surface area contributed by atoms with E-state index < -0.39 is 0 Å². The summed E-state index contributed by atoms with van der Waals surface area (Å²) in [7, 11) is 0. The van der Waals surface area contributed by atoms with Crippen molar-refractivity contribution in [2.75, 3.05) is 0 Å². The molecule has 104 valence electrons. The number of nitrogens with one attached hydrogen (secondary N) is 1. The van der Waals surface area contributed by atoms with E-state index in [0.29, 0.717) is 0 Å². The lowest BCUT2D eigenvalue weighted by molar-refractivity contribution is 0.257. The van der Waals surface area contributed by atoms with Gasteiger partial charge in [-0.2, -0.15) is 0 Å². The second-order valence-electron chi connectivity index (χ2n) is 5.69. The highest BCUT2D eigenvalue weighted by Crippen LogP contribution is 2.36. The van der Waals surface area contributed by atoms with Crippen LogP contribution in [0.2, 0.25) is 0 Å². The molecule has 0 radical (unpaired) electrons. The Morgan fingerprint density at radius 1 is 1.10 bits per heavy atom. The summed E-state index contributed by atoms with van der Waals surface area (Å²) in [5.74, 6) is 0. The van der Waals surface area contributed by atoms with Crippen LogP contribution in [-0.2, 0) is 6.42 Å². The lowest BCUT2D eigenvalue weighted by Gasteiger charge is -2.42. The highest BCUT2D eigenvalue weighted by Gasteiger charge is 2.36. The Morgan fingerprint density at radius 3 is 2.55 bits per heavy atom. The van der Waals surface area contributed by atoms with Crippen LogP contribution >= 0.6 is 0 Å². The van der Waals surface area contributed by atoms with E-state index in [9.17, 15) is 0 Å². The maximum atomic E-state index is 4.57. The molecule has 1 aromatic carbocycles. The number of hydrogen-bond acceptors (Lipinski definition) is 2. The van der Waals surface area contributed by atoms with Crippen molar-refractivity contribution in [3.8, 4) is 0 Å². The molecule has 1 aromatic heterocycles. The third-order valence-corrected chi connectivity index (χ3v) is 4.68. The predicted molar refractivity (Wildman–Crippen MR) is 82.7 cm³/mol. The minimum atomic E-state index is 0.191. The fourth-order valence-corrected chi connectivity index (χ4v) is 3.26. The van der Waals surface area contributed by atoms with Crippen molar-refractivity contribution < 1.29 is 0 Å². The Bertz CT molecular complexity index is 573. The molecule has 0 amide bonds. The van der Waals surface area contributed by atoms with Gasteiger partial charge in [0.05, 0.1) is 11.7 Å². The number of fused-ring (bicyclic) bond motifs is 1. The number of aromatic nitrogens is 1. The van der Waals surface area contributed by atoms with Gasteiger partial charge in [-0.1, -0.05) is 44.2 Å². The molecule has 2 heterocycles. The minimum Gasteiger partial charge on any atom is -0.299 e. The van der Waals surface area contributed by atoms with Gasteiger partial charge in [0.15, 0.2) is 0 Å². The number of rotatable bonds is 3. The van der Waals surface area contributed by atoms with E-state index in [2.05, 4.69) is 60.5 Å². The SMILES string of the molecule is CCC1(CC)Cc2ccccc2C(c2ccccn2)N1. The molecule has 1 aliphatic rings. The molecule has 1 N–H and O–H groups in total. The van der Waals surface area contributed by atoms with E-state index in [1.165, 1.54) is 11.1 Å². The van der Waals surface area contributed by atoms with Crippen LogP contribution in [0.15, 0.2) is 48.7 Å². The molecule has 2 nitrogen and oxygen atoms in total. The fourth-order valence-electron chi connectivity index (χ4n) is 3.26. The van der Waals surface area contributed by atoms with Crippen LogP contribution in [0.5, 0.6) is 0 Å². The van der Waals surface area contributed by atoms with Gasteiger partial charge < -0.3 is 0 Å². The average molecular weight is 266 g/mol. The van der Waals surface area contributed by atoms with Crippen LogP contribution in [-0.4, -0.2) is 10.5 Å². The summed E-state index contributed by atoms with van der Waals surface area (Å²) in [6.07, 6.45) is 5.27. The van der Waals surface area contributed by atoms with Crippen molar-refractivity contribution in [2.45, 2.75) is 44.7 Å². The van der Waals surface area contributed by atoms with E-state index >= 15 is 0 Å². The quantitative estimate of drug-likeness (QED) is 0.912. The van der Waals surface area contributed by atoms with Crippen LogP contribution in [0.4, 0.5) is 0 Å². The molecule has 0 aliphatic carbocycles. The molecule has 2 aromatic rings. The zero-order chi connectivity index (χ0) is 14.0. The Morgan fingerprint density at radius 2 is 1.85 bits per heavy atom. The zero-order valence-corrected chi connectivity index (χ0v) is 12.3. The van der Waals surface area contributed by atoms with E-state index in [4.69, 9.17) is 0 Å². The molecule has 20 heavy (non-hydrogen) atoms. The molecular weight excluding hydrogens is 244 g/mol. The molecule has 0 saturated carbocycles. The number of benzene rings is 1. The second kappa shape index (κ2) is 5.37. The molecule has 3 rings (SSSR count). The molecule has 0 saturated heterocycles. The zero-order valence-electron chi connectivity index (χ0n) is 12.3. The van der Waals surface area contributed by atoms with Gasteiger partial charge in [-0.25, -0.2) is 0 Å². The summed E-state index contributed by atoms with van der Waals surface area (Å²) >= 11 is 0. The number of hydrogen-bond donors (Lipinski definition) is 1. The highest BCUT2D eigenvalue weighted by molar-refractivity contribution is 5.39. The third kappa shape index (κ3) is 2.25. The molecule has 2 heteroatoms. The van der Waals surface area contributed by atoms with Crippen molar-refractivity contribution in [1.82, 2.24) is 10.3 Å². The van der Waals surface area contributed by atoms with Gasteiger partial charge in [-0.05, 0) is 42.5 Å². The van der Waals surface area contributed by atoms with Gasteiger partial charge >= 0.3 is 0 Å². The first-order chi connectivity index (χ1) is 9.78. The lowest BCUT2D eigenvalue weighted by Crippen LogP contribution is -2.51. The second-order valence-corrected chi connectivity index (χ2v) is 5.69. The van der Waals surface area contributed by atoms with Crippen molar-refractivity contribution in [3.05, 3.63) is 65.5 Å². The van der Waals surface area contributed by atoms with Gasteiger partial charge in [0.1, 0.15) is 0 Å². The highest BCUT2D eigenvalue weighted by atomic mass is 15.0. The van der Waals surface area contributed by atoms with E-state index in [1.54, 1.807) is 0 Å². The third-order valence-electron chi connectivity index (χ3n) is 4.68. The Balaban J connectivity index is 2.09. The summed E-state index contributed by atoms with van der Waals surface area (Å²) < 4.78 is 0. The van der Waals surface area contributed by atoms with Crippen LogP contribution < -0.4 is 5.32 Å². The summed E-state index contributed by atoms with van der Waals surface area (Å²) in [6, 6.07) is 15.2. The minimum absolute atomic E-state index is 0.191. The molecule has 1 aliphatic heterocycles. The number of pyridine rings is 1. The Hall–Kier alpha value is -1.67. The van der Waals surface area contributed by atoms with Crippen LogP contribution in [0.3, 0.4) is 0 Å². The van der Waals surface area contributed by atoms with Gasteiger partial charge in [0.2, 0.25) is 0 Å². The maximum absolute atomic E-state index is 4.57. The summed E-state index contributed by atoms with van der Waals surface area (Å²) in [5, 5.41) is 3.88. The largest absolute Gasteiger partial charge is 0.299 e. The van der Waals surface area contributed by atoms with Gasteiger partial charge in [0, 0.05) is 11.7 Å². The first-order valence-corrected chi connectivity index (χ1v) is 7.54. The van der Waals surface area contributed by atoms with Crippen molar-refractivity contribution in [1.29, 1.82) is 0 Å². The molecule has 0 fully saturated rings. The molecular formula is C18H22N2. The Labute approximate surface area is 121 Å². The smallest absolute Gasteiger partial charge is 0.0758 e. The van der Waals surface area contributed by atoms with Crippen LogP contribution in [0.25, 0.3) is 0 Å². The first-order valence-electron chi connectivity index (χ1n) is 7.54. The van der Waals surface area contributed by atoms with Crippen molar-refractivity contribution >= 4 is 0 Å². The van der Waals surface area contributed by atoms with Crippen molar-refractivity contribution in [2.24, 2.45) is 0 Å². The van der Waals surface area contributed by atoms with E-state index in [1.807, 2.05) is 12.3 Å². The van der Waals surface area contributed by atoms with Gasteiger partial charge in [-0.15, -0.1) is 0 Å². The average Bonchev–Trinajstić information content (AvgIpc) is 2.54. The lowest BCUT2D eigenvalue weighted by atomic mass is 9.77. The van der Waals surface area contributed by atoms with E-state index in [0.717, 1.165) is 25.0 Å². The van der Waals surface area contributed by atoms with Gasteiger partial charge in [-0.3, -0.25) is 10.3 Å². The predicted octanol–water partition coefficient (Wildman–Crippen LogP) is 3.88. The molecule has 1 atom stereocenters. The summed E-state index contributed by atoms with van der Waals surface area (Å²) in [5.41, 5.74) is 4.15. The van der Waals surface area contributed by atoms with E-state index in [-0.39, 0.29) is 11.6 Å². The summed E-state index contributed by atoms with van der Waals surface area (Å²) in [6.45, 7) is 4.56. The standard InChI is InChI=1S/C18H22N2/c1-3-18(4-2)13-14-9-5-6-10-15(14)17(20-18)16-11-7-8-12-19-16/h5-12,17,20H,3-4,13H2,1-2H3. The molecule has 0 spiro atoms. The van der Waals surface area contributed by atoms with Crippen LogP contribution in [0, 0.1) is 0 Å². The Kier molecular flexibility index (Phi) is 3.58. The monoisotopic (exact) mass is 266 g/mol. The fraction of sp³-hybridized carbons (Fsp3) is 0.389. The molecule has 1 unspecified atom stereocenters. The molecule has 0 bridgehead atoms.